The summed E-state index contributed by atoms with van der Waals surface area (Å²) in [5.74, 6) is 0.406. The van der Waals surface area contributed by atoms with E-state index in [-0.39, 0.29) is 11.8 Å². The predicted octanol–water partition coefficient (Wildman–Crippen LogP) is 4.36. The lowest BCUT2D eigenvalue weighted by Gasteiger charge is -2.14. The molecule has 0 aliphatic carbocycles. The van der Waals surface area contributed by atoms with Crippen LogP contribution in [0, 0.1) is 5.82 Å². The van der Waals surface area contributed by atoms with Gasteiger partial charge in [0.05, 0.1) is 0 Å². The quantitative estimate of drug-likeness (QED) is 0.843. The van der Waals surface area contributed by atoms with Gasteiger partial charge in [0.1, 0.15) is 5.75 Å². The first kappa shape index (κ1) is 13.9. The average Bonchev–Trinajstić information content (AvgIpc) is 2.41. The molecule has 1 atom stereocenters. The average molecular weight is 277 g/mol. The number of nitrogens with two attached hydrogens (primary N) is 1. The first-order chi connectivity index (χ1) is 9.11. The monoisotopic (exact) mass is 277 g/mol. The highest BCUT2D eigenvalue weighted by Crippen LogP contribution is 2.32. The third-order valence-electron chi connectivity index (χ3n) is 2.77. The third kappa shape index (κ3) is 3.28. The first-order valence-corrected chi connectivity index (χ1v) is 7.20. The van der Waals surface area contributed by atoms with Crippen LogP contribution in [-0.4, -0.2) is 6.26 Å². The van der Waals surface area contributed by atoms with Crippen molar-refractivity contribution in [2.24, 2.45) is 5.73 Å². The largest absolute Gasteiger partial charge is 0.454 e. The van der Waals surface area contributed by atoms with Crippen LogP contribution >= 0.6 is 11.8 Å². The highest BCUT2D eigenvalue weighted by Gasteiger charge is 2.13. The van der Waals surface area contributed by atoms with Crippen LogP contribution in [0.1, 0.15) is 18.5 Å². The van der Waals surface area contributed by atoms with E-state index in [1.807, 2.05) is 30.5 Å². The van der Waals surface area contributed by atoms with E-state index in [2.05, 4.69) is 0 Å². The SMILES string of the molecule is CSc1ccc(Oc2c(F)cccc2C(C)N)cc1. The maximum atomic E-state index is 13.9. The van der Waals surface area contributed by atoms with E-state index in [4.69, 9.17) is 10.5 Å². The second-order valence-electron chi connectivity index (χ2n) is 4.22. The molecule has 2 nitrogen and oxygen atoms in total. The van der Waals surface area contributed by atoms with Gasteiger partial charge in [0.15, 0.2) is 11.6 Å². The van der Waals surface area contributed by atoms with Crippen LogP contribution in [0.5, 0.6) is 11.5 Å². The van der Waals surface area contributed by atoms with Crippen LogP contribution in [0.25, 0.3) is 0 Å². The second-order valence-corrected chi connectivity index (χ2v) is 5.10. The third-order valence-corrected chi connectivity index (χ3v) is 3.51. The minimum absolute atomic E-state index is 0.203. The lowest BCUT2D eigenvalue weighted by molar-refractivity contribution is 0.432. The molecule has 0 heterocycles. The van der Waals surface area contributed by atoms with E-state index < -0.39 is 5.82 Å². The Morgan fingerprint density at radius 3 is 2.42 bits per heavy atom. The Morgan fingerprint density at radius 2 is 1.84 bits per heavy atom. The fourth-order valence-electron chi connectivity index (χ4n) is 1.75. The van der Waals surface area contributed by atoms with Gasteiger partial charge in [-0.2, -0.15) is 0 Å². The number of hydrogen-bond donors (Lipinski definition) is 1. The van der Waals surface area contributed by atoms with Crippen molar-refractivity contribution in [2.45, 2.75) is 17.9 Å². The summed E-state index contributed by atoms with van der Waals surface area (Å²) in [6, 6.07) is 12.0. The topological polar surface area (TPSA) is 35.2 Å². The molecule has 2 N–H and O–H groups in total. The van der Waals surface area contributed by atoms with Crippen LogP contribution in [0.2, 0.25) is 0 Å². The molecule has 0 fully saturated rings. The number of ether oxygens (including phenoxy) is 1. The minimum Gasteiger partial charge on any atom is -0.454 e. The van der Waals surface area contributed by atoms with Crippen LogP contribution in [0.3, 0.4) is 0 Å². The Bertz CT molecular complexity index is 555. The van der Waals surface area contributed by atoms with Crippen molar-refractivity contribution in [2.75, 3.05) is 6.26 Å². The molecule has 0 aliphatic rings. The Balaban J connectivity index is 2.31. The lowest BCUT2D eigenvalue weighted by atomic mass is 10.1. The molecule has 0 spiro atoms. The van der Waals surface area contributed by atoms with Crippen molar-refractivity contribution in [1.82, 2.24) is 0 Å². The molecule has 0 bridgehead atoms. The number of benzene rings is 2. The smallest absolute Gasteiger partial charge is 0.167 e. The zero-order chi connectivity index (χ0) is 13.8. The Kier molecular flexibility index (Phi) is 4.45. The van der Waals surface area contributed by atoms with Gasteiger partial charge < -0.3 is 10.5 Å². The van der Waals surface area contributed by atoms with Crippen molar-refractivity contribution in [1.29, 1.82) is 0 Å². The van der Waals surface area contributed by atoms with E-state index in [1.54, 1.807) is 30.8 Å². The predicted molar refractivity (Wildman–Crippen MR) is 77.3 cm³/mol. The van der Waals surface area contributed by atoms with E-state index in [9.17, 15) is 4.39 Å². The molecule has 2 rings (SSSR count). The summed E-state index contributed by atoms with van der Waals surface area (Å²) < 4.78 is 19.5. The van der Waals surface area contributed by atoms with Gasteiger partial charge in [0.25, 0.3) is 0 Å². The molecule has 2 aromatic rings. The number of thioether (sulfide) groups is 1. The molecule has 1 unspecified atom stereocenters. The summed E-state index contributed by atoms with van der Waals surface area (Å²) in [6.07, 6.45) is 2.00. The summed E-state index contributed by atoms with van der Waals surface area (Å²) in [5, 5.41) is 0. The Morgan fingerprint density at radius 1 is 1.16 bits per heavy atom. The standard InChI is InChI=1S/C15H16FNOS/c1-10(17)13-4-3-5-14(16)15(13)18-11-6-8-12(19-2)9-7-11/h3-10H,17H2,1-2H3. The molecule has 2 aromatic carbocycles. The zero-order valence-corrected chi connectivity index (χ0v) is 11.7. The van der Waals surface area contributed by atoms with Crippen LogP contribution in [0.15, 0.2) is 47.4 Å². The normalized spacial score (nSPS) is 12.2. The van der Waals surface area contributed by atoms with E-state index in [0.29, 0.717) is 11.3 Å². The van der Waals surface area contributed by atoms with Gasteiger partial charge in [0.2, 0.25) is 0 Å². The molecule has 0 saturated carbocycles. The van der Waals surface area contributed by atoms with Crippen LogP contribution in [0.4, 0.5) is 4.39 Å². The van der Waals surface area contributed by atoms with Crippen LogP contribution in [-0.2, 0) is 0 Å². The van der Waals surface area contributed by atoms with Crippen molar-refractivity contribution in [3.05, 3.63) is 53.8 Å². The molecule has 0 aromatic heterocycles. The van der Waals surface area contributed by atoms with Gasteiger partial charge in [-0.1, -0.05) is 12.1 Å². The molecular formula is C15H16FNOS. The van der Waals surface area contributed by atoms with Crippen LogP contribution < -0.4 is 10.5 Å². The molecule has 0 radical (unpaired) electrons. The summed E-state index contributed by atoms with van der Waals surface area (Å²) in [6.45, 7) is 1.80. The Hall–Kier alpha value is -1.52. The minimum atomic E-state index is -0.399. The fraction of sp³-hybridized carbons (Fsp3) is 0.200. The lowest BCUT2D eigenvalue weighted by Crippen LogP contribution is -2.07. The summed E-state index contributed by atoms with van der Waals surface area (Å²) >= 11 is 1.65. The summed E-state index contributed by atoms with van der Waals surface area (Å²) in [4.78, 5) is 1.13. The van der Waals surface area contributed by atoms with E-state index in [1.165, 1.54) is 6.07 Å². The highest BCUT2D eigenvalue weighted by atomic mass is 32.2. The molecule has 100 valence electrons. The second kappa shape index (κ2) is 6.08. The van der Waals surface area contributed by atoms with Gasteiger partial charge in [-0.05, 0) is 43.5 Å². The van der Waals surface area contributed by atoms with E-state index in [0.717, 1.165) is 4.90 Å². The van der Waals surface area contributed by atoms with Crippen molar-refractivity contribution in [3.63, 3.8) is 0 Å². The highest BCUT2D eigenvalue weighted by molar-refractivity contribution is 7.98. The number of para-hydroxylation sites is 1. The summed E-state index contributed by atoms with van der Waals surface area (Å²) in [5.41, 5.74) is 6.49. The maximum Gasteiger partial charge on any atom is 0.167 e. The molecule has 19 heavy (non-hydrogen) atoms. The molecule has 0 amide bonds. The molecular weight excluding hydrogens is 261 g/mol. The van der Waals surface area contributed by atoms with Gasteiger partial charge in [-0.25, -0.2) is 4.39 Å². The molecule has 0 aliphatic heterocycles. The Labute approximate surface area is 116 Å². The van der Waals surface area contributed by atoms with Gasteiger partial charge >= 0.3 is 0 Å². The summed E-state index contributed by atoms with van der Waals surface area (Å²) in [7, 11) is 0. The van der Waals surface area contributed by atoms with Gasteiger partial charge in [-0.3, -0.25) is 0 Å². The molecule has 0 saturated heterocycles. The van der Waals surface area contributed by atoms with Gasteiger partial charge in [-0.15, -0.1) is 11.8 Å². The zero-order valence-electron chi connectivity index (χ0n) is 10.9. The number of hydrogen-bond acceptors (Lipinski definition) is 3. The van der Waals surface area contributed by atoms with Crippen molar-refractivity contribution >= 4 is 11.8 Å². The maximum absolute atomic E-state index is 13.9. The number of rotatable bonds is 4. The van der Waals surface area contributed by atoms with E-state index >= 15 is 0 Å². The van der Waals surface area contributed by atoms with Crippen molar-refractivity contribution < 1.29 is 9.13 Å². The molecule has 4 heteroatoms. The fourth-order valence-corrected chi connectivity index (χ4v) is 2.16. The number of halogens is 1. The van der Waals surface area contributed by atoms with Gasteiger partial charge in [0, 0.05) is 16.5 Å². The van der Waals surface area contributed by atoms with Crippen molar-refractivity contribution in [3.8, 4) is 11.5 Å². The first-order valence-electron chi connectivity index (χ1n) is 5.97.